The van der Waals surface area contributed by atoms with Gasteiger partial charge < -0.3 is 20.0 Å². The molecule has 0 heterocycles. The monoisotopic (exact) mass is 380 g/mol. The predicted octanol–water partition coefficient (Wildman–Crippen LogP) is 3.58. The average Bonchev–Trinajstić information content (AvgIpc) is 2.69. The van der Waals surface area contributed by atoms with Crippen molar-refractivity contribution in [2.75, 3.05) is 22.9 Å². The number of ketones is 1. The van der Waals surface area contributed by atoms with Gasteiger partial charge >= 0.3 is 0 Å². The molecule has 0 aromatic heterocycles. The Labute approximate surface area is 166 Å². The molecule has 5 nitrogen and oxygen atoms in total. The molecule has 0 fully saturated rings. The van der Waals surface area contributed by atoms with Gasteiger partial charge in [0.1, 0.15) is 12.5 Å². The lowest BCUT2D eigenvalue weighted by atomic mass is 10.0. The normalized spacial score (nSPS) is 12.7. The van der Waals surface area contributed by atoms with E-state index in [1.807, 2.05) is 24.3 Å². The minimum absolute atomic E-state index is 0.0854. The third kappa shape index (κ3) is 5.09. The van der Waals surface area contributed by atoms with Crippen LogP contribution in [-0.2, 0) is 0 Å². The number of aliphatic hydroxyl groups is 2. The van der Waals surface area contributed by atoms with Crippen molar-refractivity contribution < 1.29 is 15.0 Å². The second-order valence-corrected chi connectivity index (χ2v) is 6.57. The van der Waals surface area contributed by atoms with Crippen LogP contribution >= 0.6 is 0 Å². The van der Waals surface area contributed by atoms with Gasteiger partial charge in [-0.25, -0.2) is 0 Å². The zero-order chi connectivity index (χ0) is 20.7. The topological polar surface area (TPSA) is 64.0 Å². The standard InChI is InChI=1S/C23H28N2O3/c1-5-15-24(17(3)26)21-11-7-19(8-12-21)23(28)20-9-13-22(14-10-20)25(16-6-2)18(4)27/h5-14,17-18,26-27H,1-2,15-16H2,3-4H3. The molecule has 2 rings (SSSR count). The second kappa shape index (κ2) is 9.88. The van der Waals surface area contributed by atoms with Crippen LogP contribution in [0.3, 0.4) is 0 Å². The van der Waals surface area contributed by atoms with Crippen LogP contribution < -0.4 is 9.80 Å². The van der Waals surface area contributed by atoms with Gasteiger partial charge in [-0.05, 0) is 62.4 Å². The highest BCUT2D eigenvalue weighted by atomic mass is 16.3. The van der Waals surface area contributed by atoms with Gasteiger partial charge in [-0.1, -0.05) is 12.2 Å². The number of hydrogen-bond acceptors (Lipinski definition) is 5. The number of nitrogens with zero attached hydrogens (tertiary/aromatic N) is 2. The van der Waals surface area contributed by atoms with Crippen molar-refractivity contribution >= 4 is 17.2 Å². The lowest BCUT2D eigenvalue weighted by molar-refractivity contribution is 0.103. The van der Waals surface area contributed by atoms with Gasteiger partial charge in [-0.15, -0.1) is 13.2 Å². The molecule has 0 aliphatic rings. The number of aliphatic hydroxyl groups excluding tert-OH is 2. The van der Waals surface area contributed by atoms with Crippen LogP contribution in [0, 0.1) is 0 Å². The largest absolute Gasteiger partial charge is 0.374 e. The first-order valence-corrected chi connectivity index (χ1v) is 9.25. The van der Waals surface area contributed by atoms with Gasteiger partial charge in [0.15, 0.2) is 5.78 Å². The maximum atomic E-state index is 12.8. The Hall–Kier alpha value is -2.89. The molecule has 2 atom stereocenters. The average molecular weight is 380 g/mol. The SMILES string of the molecule is C=CCN(c1ccc(C(=O)c2ccc(N(CC=C)C(C)O)cc2)cc1)C(C)O. The first-order chi connectivity index (χ1) is 13.4. The molecule has 0 saturated carbocycles. The number of benzene rings is 2. The maximum absolute atomic E-state index is 12.8. The van der Waals surface area contributed by atoms with Crippen LogP contribution in [0.15, 0.2) is 73.8 Å². The molecule has 2 aromatic carbocycles. The minimum Gasteiger partial charge on any atom is -0.374 e. The highest BCUT2D eigenvalue weighted by molar-refractivity contribution is 6.09. The van der Waals surface area contributed by atoms with E-state index < -0.39 is 12.5 Å². The van der Waals surface area contributed by atoms with Crippen LogP contribution in [0.5, 0.6) is 0 Å². The van der Waals surface area contributed by atoms with Crippen molar-refractivity contribution in [3.05, 3.63) is 85.0 Å². The van der Waals surface area contributed by atoms with E-state index >= 15 is 0 Å². The summed E-state index contributed by atoms with van der Waals surface area (Å²) in [6, 6.07) is 14.3. The van der Waals surface area contributed by atoms with Gasteiger partial charge in [0.05, 0.1) is 0 Å². The van der Waals surface area contributed by atoms with Crippen LogP contribution in [0.1, 0.15) is 29.8 Å². The molecule has 0 radical (unpaired) electrons. The number of hydrogen-bond donors (Lipinski definition) is 2. The first-order valence-electron chi connectivity index (χ1n) is 9.25. The van der Waals surface area contributed by atoms with Gasteiger partial charge in [0.2, 0.25) is 0 Å². The third-order valence-electron chi connectivity index (χ3n) is 4.48. The fourth-order valence-corrected chi connectivity index (χ4v) is 3.00. The lowest BCUT2D eigenvalue weighted by Crippen LogP contribution is -2.32. The van der Waals surface area contributed by atoms with E-state index in [0.717, 1.165) is 11.4 Å². The smallest absolute Gasteiger partial charge is 0.193 e. The highest BCUT2D eigenvalue weighted by Gasteiger charge is 2.14. The van der Waals surface area contributed by atoms with E-state index in [9.17, 15) is 15.0 Å². The Morgan fingerprint density at radius 2 is 1.14 bits per heavy atom. The second-order valence-electron chi connectivity index (χ2n) is 6.57. The van der Waals surface area contributed by atoms with Crippen molar-refractivity contribution in [2.45, 2.75) is 26.3 Å². The minimum atomic E-state index is -0.653. The summed E-state index contributed by atoms with van der Waals surface area (Å²) >= 11 is 0. The molecule has 148 valence electrons. The zero-order valence-electron chi connectivity index (χ0n) is 16.5. The number of rotatable bonds is 10. The summed E-state index contributed by atoms with van der Waals surface area (Å²) in [5.41, 5.74) is 2.77. The van der Waals surface area contributed by atoms with E-state index in [1.165, 1.54) is 0 Å². The summed E-state index contributed by atoms with van der Waals surface area (Å²) < 4.78 is 0. The molecule has 2 unspecified atom stereocenters. The third-order valence-corrected chi connectivity index (χ3v) is 4.48. The molecule has 0 bridgehead atoms. The van der Waals surface area contributed by atoms with Gasteiger partial charge in [0, 0.05) is 35.6 Å². The molecule has 28 heavy (non-hydrogen) atoms. The van der Waals surface area contributed by atoms with Crippen LogP contribution in [0.25, 0.3) is 0 Å². The Balaban J connectivity index is 2.19. The zero-order valence-corrected chi connectivity index (χ0v) is 16.5. The van der Waals surface area contributed by atoms with Crippen molar-refractivity contribution in [2.24, 2.45) is 0 Å². The summed E-state index contributed by atoms with van der Waals surface area (Å²) in [5, 5.41) is 19.8. The Kier molecular flexibility index (Phi) is 7.55. The van der Waals surface area contributed by atoms with E-state index in [1.54, 1.807) is 60.1 Å². The highest BCUT2D eigenvalue weighted by Crippen LogP contribution is 2.21. The quantitative estimate of drug-likeness (QED) is 0.375. The molecular formula is C23H28N2O3. The van der Waals surface area contributed by atoms with Crippen molar-refractivity contribution in [1.29, 1.82) is 0 Å². The molecule has 0 aliphatic carbocycles. The van der Waals surface area contributed by atoms with E-state index in [2.05, 4.69) is 13.2 Å². The molecule has 0 amide bonds. The number of anilines is 2. The number of carbonyl (C=O) groups is 1. The first kappa shape index (κ1) is 21.4. The molecule has 0 spiro atoms. The number of carbonyl (C=O) groups excluding carboxylic acids is 1. The van der Waals surface area contributed by atoms with Gasteiger partial charge in [-0.3, -0.25) is 4.79 Å². The Morgan fingerprint density at radius 1 is 0.821 bits per heavy atom. The summed E-state index contributed by atoms with van der Waals surface area (Å²) in [4.78, 5) is 16.3. The molecule has 5 heteroatoms. The molecule has 2 aromatic rings. The van der Waals surface area contributed by atoms with Gasteiger partial charge in [-0.2, -0.15) is 0 Å². The summed E-state index contributed by atoms with van der Waals surface area (Å²) in [6.07, 6.45) is 2.13. The molecule has 0 saturated heterocycles. The Morgan fingerprint density at radius 3 is 1.39 bits per heavy atom. The van der Waals surface area contributed by atoms with E-state index in [0.29, 0.717) is 24.2 Å². The van der Waals surface area contributed by atoms with Crippen molar-refractivity contribution in [3.8, 4) is 0 Å². The van der Waals surface area contributed by atoms with Crippen LogP contribution in [-0.4, -0.2) is 41.5 Å². The molecule has 0 aliphatic heterocycles. The predicted molar refractivity (Wildman–Crippen MR) is 115 cm³/mol. The van der Waals surface area contributed by atoms with Crippen molar-refractivity contribution in [1.82, 2.24) is 0 Å². The van der Waals surface area contributed by atoms with E-state index in [4.69, 9.17) is 0 Å². The lowest BCUT2D eigenvalue weighted by Gasteiger charge is -2.26. The fourth-order valence-electron chi connectivity index (χ4n) is 3.00. The summed E-state index contributed by atoms with van der Waals surface area (Å²) in [6.45, 7) is 11.8. The fraction of sp³-hybridized carbons (Fsp3) is 0.261. The molecule has 2 N–H and O–H groups in total. The summed E-state index contributed by atoms with van der Waals surface area (Å²) in [5.74, 6) is -0.0854. The summed E-state index contributed by atoms with van der Waals surface area (Å²) in [7, 11) is 0. The Bertz CT molecular complexity index is 728. The van der Waals surface area contributed by atoms with Crippen LogP contribution in [0.2, 0.25) is 0 Å². The van der Waals surface area contributed by atoms with Gasteiger partial charge in [0.25, 0.3) is 0 Å². The maximum Gasteiger partial charge on any atom is 0.193 e. The van der Waals surface area contributed by atoms with E-state index in [-0.39, 0.29) is 5.78 Å². The van der Waals surface area contributed by atoms with Crippen molar-refractivity contribution in [3.63, 3.8) is 0 Å². The van der Waals surface area contributed by atoms with Crippen LogP contribution in [0.4, 0.5) is 11.4 Å². The molecular weight excluding hydrogens is 352 g/mol.